The summed E-state index contributed by atoms with van der Waals surface area (Å²) in [6, 6.07) is 10.8. The van der Waals surface area contributed by atoms with Gasteiger partial charge in [0, 0.05) is 14.7 Å². The van der Waals surface area contributed by atoms with Gasteiger partial charge in [-0.2, -0.15) is 5.10 Å². The van der Waals surface area contributed by atoms with Crippen LogP contribution in [0.3, 0.4) is 0 Å². The van der Waals surface area contributed by atoms with Gasteiger partial charge in [-0.25, -0.2) is 0 Å². The number of aromatic nitrogens is 2. The average Bonchev–Trinajstić information content (AvgIpc) is 2.97. The molecule has 0 aliphatic carbocycles. The molecule has 0 aliphatic heterocycles. The molecule has 0 fully saturated rings. The molecule has 2 nitrogen and oxygen atoms in total. The minimum absolute atomic E-state index is 0.279. The molecule has 4 heteroatoms. The van der Waals surface area contributed by atoms with Gasteiger partial charge in [0.2, 0.25) is 0 Å². The molecule has 0 saturated carbocycles. The van der Waals surface area contributed by atoms with E-state index in [-0.39, 0.29) is 6.04 Å². The van der Waals surface area contributed by atoms with Crippen LogP contribution in [0.2, 0.25) is 0 Å². The van der Waals surface area contributed by atoms with E-state index in [4.69, 9.17) is 0 Å². The van der Waals surface area contributed by atoms with E-state index in [0.717, 1.165) is 4.47 Å². The summed E-state index contributed by atoms with van der Waals surface area (Å²) in [6.07, 6.45) is 1.92. The lowest BCUT2D eigenvalue weighted by molar-refractivity contribution is 0.593. The fourth-order valence-electron chi connectivity index (χ4n) is 1.97. The predicted molar refractivity (Wildman–Crippen MR) is 75.6 cm³/mol. The Balaban J connectivity index is 2.14. The second kappa shape index (κ2) is 4.27. The molecule has 0 aliphatic rings. The van der Waals surface area contributed by atoms with Gasteiger partial charge in [0.1, 0.15) is 0 Å². The molecule has 86 valence electrons. The molecule has 1 aromatic carbocycles. The highest BCUT2D eigenvalue weighted by Crippen LogP contribution is 2.27. The first-order valence-corrected chi connectivity index (χ1v) is 7.09. The Hall–Kier alpha value is -1.13. The number of nitrogens with zero attached hydrogens (tertiary/aromatic N) is 2. The summed E-state index contributed by atoms with van der Waals surface area (Å²) in [5.74, 6) is 0. The fraction of sp³-hybridized carbons (Fsp3) is 0.154. The first-order valence-electron chi connectivity index (χ1n) is 5.42. The summed E-state index contributed by atoms with van der Waals surface area (Å²) >= 11 is 5.28. The van der Waals surface area contributed by atoms with Gasteiger partial charge in [0.25, 0.3) is 0 Å². The van der Waals surface area contributed by atoms with Crippen LogP contribution in [-0.2, 0) is 0 Å². The van der Waals surface area contributed by atoms with Crippen molar-refractivity contribution in [1.29, 1.82) is 0 Å². The number of rotatable bonds is 2. The molecule has 0 bridgehead atoms. The Labute approximate surface area is 112 Å². The first-order chi connectivity index (χ1) is 8.25. The molecular formula is C13H11BrN2S. The van der Waals surface area contributed by atoms with E-state index in [0.29, 0.717) is 0 Å². The van der Waals surface area contributed by atoms with Gasteiger partial charge in [-0.3, -0.25) is 4.68 Å². The van der Waals surface area contributed by atoms with Crippen molar-refractivity contribution < 1.29 is 0 Å². The van der Waals surface area contributed by atoms with Gasteiger partial charge < -0.3 is 0 Å². The summed E-state index contributed by atoms with van der Waals surface area (Å²) < 4.78 is 3.16. The normalized spacial score (nSPS) is 13.1. The summed E-state index contributed by atoms with van der Waals surface area (Å²) in [5, 5.41) is 7.78. The Bertz CT molecular complexity index is 643. The van der Waals surface area contributed by atoms with Crippen molar-refractivity contribution in [3.05, 3.63) is 51.3 Å². The van der Waals surface area contributed by atoms with Gasteiger partial charge in [0.15, 0.2) is 0 Å². The fourth-order valence-corrected chi connectivity index (χ4v) is 3.09. The smallest absolute Gasteiger partial charge is 0.0839 e. The summed E-state index contributed by atoms with van der Waals surface area (Å²) in [5.41, 5.74) is 1.17. The molecule has 0 radical (unpaired) electrons. The van der Waals surface area contributed by atoms with Crippen molar-refractivity contribution in [2.75, 3.05) is 0 Å². The number of hydrogen-bond acceptors (Lipinski definition) is 2. The average molecular weight is 307 g/mol. The lowest BCUT2D eigenvalue weighted by Gasteiger charge is -2.11. The molecule has 1 atom stereocenters. The first kappa shape index (κ1) is 11.0. The second-order valence-corrected chi connectivity index (χ2v) is 5.88. The summed E-state index contributed by atoms with van der Waals surface area (Å²) in [4.78, 5) is 1.33. The molecular weight excluding hydrogens is 296 g/mol. The zero-order valence-electron chi connectivity index (χ0n) is 9.30. The van der Waals surface area contributed by atoms with Crippen LogP contribution in [0, 0.1) is 0 Å². The van der Waals surface area contributed by atoms with Crippen LogP contribution >= 0.6 is 27.3 Å². The molecule has 0 spiro atoms. The zero-order chi connectivity index (χ0) is 11.8. The van der Waals surface area contributed by atoms with E-state index >= 15 is 0 Å². The zero-order valence-corrected chi connectivity index (χ0v) is 11.7. The van der Waals surface area contributed by atoms with Crippen LogP contribution in [0.4, 0.5) is 0 Å². The second-order valence-electron chi connectivity index (χ2n) is 3.98. The van der Waals surface area contributed by atoms with Crippen molar-refractivity contribution in [3.63, 3.8) is 0 Å². The minimum Gasteiger partial charge on any atom is -0.257 e. The number of fused-ring (bicyclic) bond motifs is 1. The Morgan fingerprint density at radius 1 is 1.35 bits per heavy atom. The number of halogens is 1. The number of thiophene rings is 1. The third-order valence-electron chi connectivity index (χ3n) is 2.88. The van der Waals surface area contributed by atoms with Gasteiger partial charge in [-0.15, -0.1) is 11.3 Å². The van der Waals surface area contributed by atoms with Crippen molar-refractivity contribution in [3.8, 4) is 0 Å². The van der Waals surface area contributed by atoms with Gasteiger partial charge in [-0.1, -0.05) is 28.1 Å². The summed E-state index contributed by atoms with van der Waals surface area (Å²) in [6.45, 7) is 2.18. The lowest BCUT2D eigenvalue weighted by atomic mass is 10.2. The van der Waals surface area contributed by atoms with Gasteiger partial charge in [-0.05, 0) is 30.5 Å². The van der Waals surface area contributed by atoms with Crippen LogP contribution < -0.4 is 0 Å². The Morgan fingerprint density at radius 2 is 2.24 bits per heavy atom. The van der Waals surface area contributed by atoms with Crippen molar-refractivity contribution in [1.82, 2.24) is 9.78 Å². The maximum absolute atomic E-state index is 4.49. The molecule has 1 unspecified atom stereocenters. The molecule has 0 N–H and O–H groups in total. The molecule has 2 heterocycles. The number of hydrogen-bond donors (Lipinski definition) is 0. The third kappa shape index (κ3) is 1.91. The van der Waals surface area contributed by atoms with Crippen molar-refractivity contribution in [2.45, 2.75) is 13.0 Å². The van der Waals surface area contributed by atoms with E-state index in [2.05, 4.69) is 62.3 Å². The van der Waals surface area contributed by atoms with Crippen LogP contribution in [0.15, 0.2) is 46.4 Å². The van der Waals surface area contributed by atoms with Crippen molar-refractivity contribution in [2.24, 2.45) is 0 Å². The quantitative estimate of drug-likeness (QED) is 0.683. The SMILES string of the molecule is CC(c1cccs1)n1ncc2ccc(Br)cc21. The Morgan fingerprint density at radius 3 is 3.00 bits per heavy atom. The van der Waals surface area contributed by atoms with Gasteiger partial charge >= 0.3 is 0 Å². The van der Waals surface area contributed by atoms with Crippen LogP contribution in [-0.4, -0.2) is 9.78 Å². The summed E-state index contributed by atoms with van der Waals surface area (Å²) in [7, 11) is 0. The van der Waals surface area contributed by atoms with Crippen LogP contribution in [0.5, 0.6) is 0 Å². The molecule has 2 aromatic heterocycles. The molecule has 0 saturated heterocycles. The number of benzene rings is 1. The molecule has 0 amide bonds. The minimum atomic E-state index is 0.279. The van der Waals surface area contributed by atoms with Gasteiger partial charge in [0.05, 0.1) is 17.8 Å². The van der Waals surface area contributed by atoms with E-state index in [1.165, 1.54) is 15.8 Å². The standard InChI is InChI=1S/C13H11BrN2S/c1-9(13-3-2-6-17-13)16-12-7-11(14)5-4-10(12)8-15-16/h2-9H,1H3. The highest BCUT2D eigenvalue weighted by Gasteiger charge is 2.12. The topological polar surface area (TPSA) is 17.8 Å². The molecule has 17 heavy (non-hydrogen) atoms. The van der Waals surface area contributed by atoms with E-state index in [9.17, 15) is 0 Å². The lowest BCUT2D eigenvalue weighted by Crippen LogP contribution is -2.06. The predicted octanol–water partition coefficient (Wildman–Crippen LogP) is 4.47. The van der Waals surface area contributed by atoms with E-state index in [1.807, 2.05) is 12.3 Å². The maximum Gasteiger partial charge on any atom is 0.0839 e. The van der Waals surface area contributed by atoms with E-state index in [1.54, 1.807) is 11.3 Å². The highest BCUT2D eigenvalue weighted by atomic mass is 79.9. The Kier molecular flexibility index (Phi) is 2.76. The van der Waals surface area contributed by atoms with Crippen LogP contribution in [0.25, 0.3) is 10.9 Å². The molecule has 3 rings (SSSR count). The maximum atomic E-state index is 4.49. The third-order valence-corrected chi connectivity index (χ3v) is 4.42. The largest absolute Gasteiger partial charge is 0.257 e. The molecule has 3 aromatic rings. The van der Waals surface area contributed by atoms with Crippen molar-refractivity contribution >= 4 is 38.2 Å². The van der Waals surface area contributed by atoms with E-state index < -0.39 is 0 Å². The van der Waals surface area contributed by atoms with Crippen LogP contribution in [0.1, 0.15) is 17.8 Å². The highest BCUT2D eigenvalue weighted by molar-refractivity contribution is 9.10. The monoisotopic (exact) mass is 306 g/mol.